The minimum Gasteiger partial charge on any atom is -0.376 e. The Hall–Kier alpha value is -2.57. The highest BCUT2D eigenvalue weighted by molar-refractivity contribution is 6.30. The number of ether oxygens (including phenoxy) is 1. The molecule has 1 fully saturated rings. The van der Waals surface area contributed by atoms with E-state index >= 15 is 0 Å². The van der Waals surface area contributed by atoms with Crippen LogP contribution in [0.15, 0.2) is 48.5 Å². The maximum atomic E-state index is 12.4. The molecule has 2 aromatic carbocycles. The first-order valence-corrected chi connectivity index (χ1v) is 8.82. The normalized spacial score (nSPS) is 16.1. The molecule has 1 aliphatic heterocycles. The Balaban J connectivity index is 1.61. The quantitative estimate of drug-likeness (QED) is 0.743. The summed E-state index contributed by atoms with van der Waals surface area (Å²) in [6.07, 6.45) is 2.03. The predicted octanol–water partition coefficient (Wildman–Crippen LogP) is 3.89. The second-order valence-corrected chi connectivity index (χ2v) is 6.41. The largest absolute Gasteiger partial charge is 0.376 e. The summed E-state index contributed by atoms with van der Waals surface area (Å²) in [5.74, 6) is -0.247. The van der Waals surface area contributed by atoms with Gasteiger partial charge in [-0.25, -0.2) is 4.79 Å². The summed E-state index contributed by atoms with van der Waals surface area (Å²) in [5.41, 5.74) is 1.44. The van der Waals surface area contributed by atoms with Crippen molar-refractivity contribution >= 4 is 34.9 Å². The van der Waals surface area contributed by atoms with Crippen LogP contribution in [0.2, 0.25) is 5.02 Å². The Bertz CT molecular complexity index is 774. The van der Waals surface area contributed by atoms with Gasteiger partial charge in [0.05, 0.1) is 17.4 Å². The maximum Gasteiger partial charge on any atom is 0.323 e. The number of hydrogen-bond acceptors (Lipinski definition) is 3. The third kappa shape index (κ3) is 4.97. The second kappa shape index (κ2) is 8.69. The Morgan fingerprint density at radius 3 is 2.58 bits per heavy atom. The molecule has 6 nitrogen and oxygen atoms in total. The molecule has 2 aromatic rings. The molecule has 0 aromatic heterocycles. The molecule has 0 radical (unpaired) electrons. The average Bonchev–Trinajstić information content (AvgIpc) is 3.16. The van der Waals surface area contributed by atoms with E-state index in [1.54, 1.807) is 48.5 Å². The van der Waals surface area contributed by atoms with E-state index in [0.29, 0.717) is 28.5 Å². The molecule has 1 heterocycles. The molecule has 1 aliphatic rings. The molecule has 1 atom stereocenters. The summed E-state index contributed by atoms with van der Waals surface area (Å²) < 4.78 is 5.50. The van der Waals surface area contributed by atoms with E-state index in [-0.39, 0.29) is 12.0 Å². The Morgan fingerprint density at radius 2 is 1.85 bits per heavy atom. The topological polar surface area (TPSA) is 79.5 Å². The summed E-state index contributed by atoms with van der Waals surface area (Å²) in [4.78, 5) is 24.6. The highest BCUT2D eigenvalue weighted by Gasteiger charge is 2.18. The lowest BCUT2D eigenvalue weighted by atomic mass is 10.1. The zero-order valence-electron chi connectivity index (χ0n) is 14.1. The van der Waals surface area contributed by atoms with Gasteiger partial charge in [-0.1, -0.05) is 23.7 Å². The number of halogens is 1. The van der Waals surface area contributed by atoms with Gasteiger partial charge in [0.15, 0.2) is 0 Å². The van der Waals surface area contributed by atoms with Crippen LogP contribution in [-0.4, -0.2) is 31.2 Å². The fraction of sp³-hybridized carbons (Fsp3) is 0.263. The number of carbonyl (C=O) groups excluding carboxylic acids is 2. The first-order valence-electron chi connectivity index (χ1n) is 8.44. The number of hydrogen-bond donors (Lipinski definition) is 3. The molecule has 3 rings (SSSR count). The van der Waals surface area contributed by atoms with E-state index < -0.39 is 6.03 Å². The Labute approximate surface area is 156 Å². The van der Waals surface area contributed by atoms with Crippen LogP contribution in [0, 0.1) is 0 Å². The van der Waals surface area contributed by atoms with Crippen molar-refractivity contribution in [2.45, 2.75) is 18.9 Å². The summed E-state index contributed by atoms with van der Waals surface area (Å²) in [5, 5.41) is 8.85. The van der Waals surface area contributed by atoms with Gasteiger partial charge >= 0.3 is 6.03 Å². The molecule has 3 N–H and O–H groups in total. The van der Waals surface area contributed by atoms with Crippen molar-refractivity contribution in [1.82, 2.24) is 5.32 Å². The van der Waals surface area contributed by atoms with Crippen LogP contribution >= 0.6 is 11.6 Å². The van der Waals surface area contributed by atoms with Crippen molar-refractivity contribution < 1.29 is 14.3 Å². The van der Waals surface area contributed by atoms with E-state index in [4.69, 9.17) is 16.3 Å². The Morgan fingerprint density at radius 1 is 1.08 bits per heavy atom. The van der Waals surface area contributed by atoms with E-state index in [1.165, 1.54) is 0 Å². The van der Waals surface area contributed by atoms with Crippen LogP contribution < -0.4 is 16.0 Å². The zero-order chi connectivity index (χ0) is 18.4. The van der Waals surface area contributed by atoms with Crippen molar-refractivity contribution in [3.05, 3.63) is 59.1 Å². The minimum absolute atomic E-state index is 0.0623. The predicted molar refractivity (Wildman–Crippen MR) is 102 cm³/mol. The second-order valence-electron chi connectivity index (χ2n) is 5.98. The highest BCUT2D eigenvalue weighted by Crippen LogP contribution is 2.17. The van der Waals surface area contributed by atoms with Crippen LogP contribution in [0.3, 0.4) is 0 Å². The summed E-state index contributed by atoms with van der Waals surface area (Å²) >= 11 is 5.83. The van der Waals surface area contributed by atoms with E-state index in [0.717, 1.165) is 19.4 Å². The molecule has 1 saturated heterocycles. The number of amides is 3. The summed E-state index contributed by atoms with van der Waals surface area (Å²) in [6, 6.07) is 13.2. The molecule has 26 heavy (non-hydrogen) atoms. The molecule has 0 spiro atoms. The molecular weight excluding hydrogens is 354 g/mol. The van der Waals surface area contributed by atoms with Gasteiger partial charge < -0.3 is 20.7 Å². The fourth-order valence-electron chi connectivity index (χ4n) is 2.72. The summed E-state index contributed by atoms with van der Waals surface area (Å²) in [6.45, 7) is 1.20. The van der Waals surface area contributed by atoms with E-state index in [9.17, 15) is 9.59 Å². The van der Waals surface area contributed by atoms with Gasteiger partial charge in [0, 0.05) is 23.9 Å². The van der Waals surface area contributed by atoms with Crippen LogP contribution in [0.5, 0.6) is 0 Å². The zero-order valence-corrected chi connectivity index (χ0v) is 14.9. The fourth-order valence-corrected chi connectivity index (χ4v) is 2.84. The lowest BCUT2D eigenvalue weighted by molar-refractivity contribution is 0.0858. The number of carbonyl (C=O) groups is 2. The molecular formula is C19H20ClN3O3. The third-order valence-electron chi connectivity index (χ3n) is 4.04. The standard InChI is InChI=1S/C19H20ClN3O3/c20-13-7-9-14(10-8-13)22-19(25)23-17-6-2-1-5-16(17)18(24)21-12-15-4-3-11-26-15/h1-2,5-10,15H,3-4,11-12H2,(H,21,24)(H2,22,23,25). The summed E-state index contributed by atoms with van der Waals surface area (Å²) in [7, 11) is 0. The first kappa shape index (κ1) is 18.2. The van der Waals surface area contributed by atoms with Gasteiger partial charge in [-0.15, -0.1) is 0 Å². The molecule has 7 heteroatoms. The average molecular weight is 374 g/mol. The lowest BCUT2D eigenvalue weighted by Crippen LogP contribution is -2.32. The van der Waals surface area contributed by atoms with Crippen LogP contribution in [-0.2, 0) is 4.74 Å². The molecule has 136 valence electrons. The number of nitrogens with one attached hydrogen (secondary N) is 3. The number of rotatable bonds is 5. The monoisotopic (exact) mass is 373 g/mol. The Kier molecular flexibility index (Phi) is 6.09. The highest BCUT2D eigenvalue weighted by atomic mass is 35.5. The van der Waals surface area contributed by atoms with Crippen LogP contribution in [0.25, 0.3) is 0 Å². The molecule has 3 amide bonds. The van der Waals surface area contributed by atoms with Gasteiger partial charge in [-0.3, -0.25) is 4.79 Å². The number of benzene rings is 2. The van der Waals surface area contributed by atoms with Crippen LogP contribution in [0.4, 0.5) is 16.2 Å². The van der Waals surface area contributed by atoms with Crippen molar-refractivity contribution in [2.75, 3.05) is 23.8 Å². The van der Waals surface area contributed by atoms with E-state index in [2.05, 4.69) is 16.0 Å². The molecule has 0 bridgehead atoms. The smallest absolute Gasteiger partial charge is 0.323 e. The molecule has 0 saturated carbocycles. The minimum atomic E-state index is -0.438. The number of anilines is 2. The van der Waals surface area contributed by atoms with Crippen molar-refractivity contribution in [3.63, 3.8) is 0 Å². The van der Waals surface area contributed by atoms with Gasteiger partial charge in [-0.05, 0) is 49.2 Å². The third-order valence-corrected chi connectivity index (χ3v) is 4.29. The lowest BCUT2D eigenvalue weighted by Gasteiger charge is -2.14. The molecule has 0 aliphatic carbocycles. The van der Waals surface area contributed by atoms with Gasteiger partial charge in [0.2, 0.25) is 0 Å². The van der Waals surface area contributed by atoms with Crippen LogP contribution in [0.1, 0.15) is 23.2 Å². The van der Waals surface area contributed by atoms with Gasteiger partial charge in [0.1, 0.15) is 0 Å². The first-order chi connectivity index (χ1) is 12.6. The van der Waals surface area contributed by atoms with E-state index in [1.807, 2.05) is 0 Å². The maximum absolute atomic E-state index is 12.4. The van der Waals surface area contributed by atoms with Crippen molar-refractivity contribution in [1.29, 1.82) is 0 Å². The number of para-hydroxylation sites is 1. The van der Waals surface area contributed by atoms with Gasteiger partial charge in [-0.2, -0.15) is 0 Å². The van der Waals surface area contributed by atoms with Crippen molar-refractivity contribution in [2.24, 2.45) is 0 Å². The van der Waals surface area contributed by atoms with Crippen molar-refractivity contribution in [3.8, 4) is 0 Å². The molecule has 1 unspecified atom stereocenters. The van der Waals surface area contributed by atoms with Gasteiger partial charge in [0.25, 0.3) is 5.91 Å². The number of urea groups is 1. The SMILES string of the molecule is O=C(Nc1ccc(Cl)cc1)Nc1ccccc1C(=O)NCC1CCCO1.